The molecule has 1 aromatic carbocycles. The quantitative estimate of drug-likeness (QED) is 0.923. The van der Waals surface area contributed by atoms with Crippen molar-refractivity contribution in [3.8, 4) is 0 Å². The van der Waals surface area contributed by atoms with Crippen molar-refractivity contribution in [1.82, 2.24) is 10.2 Å². The maximum absolute atomic E-state index is 12.1. The molecule has 2 heterocycles. The second-order valence-electron chi connectivity index (χ2n) is 5.86. The number of hydrogen-bond acceptors (Lipinski definition) is 3. The summed E-state index contributed by atoms with van der Waals surface area (Å²) >= 11 is 0. The highest BCUT2D eigenvalue weighted by Crippen LogP contribution is 2.12. The number of amides is 1. The predicted molar refractivity (Wildman–Crippen MR) is 85.8 cm³/mol. The van der Waals surface area contributed by atoms with E-state index in [9.17, 15) is 4.79 Å². The van der Waals surface area contributed by atoms with Crippen LogP contribution < -0.4 is 5.32 Å². The number of furan rings is 1. The zero-order valence-electron chi connectivity index (χ0n) is 12.7. The molecule has 116 valence electrons. The third-order valence-electron chi connectivity index (χ3n) is 4.18. The number of piperidine rings is 1. The van der Waals surface area contributed by atoms with Gasteiger partial charge in [0.1, 0.15) is 6.26 Å². The molecule has 0 radical (unpaired) electrons. The molecule has 1 saturated heterocycles. The second kappa shape index (κ2) is 7.27. The maximum Gasteiger partial charge on any atom is 0.254 e. The fourth-order valence-corrected chi connectivity index (χ4v) is 2.97. The van der Waals surface area contributed by atoms with Gasteiger partial charge in [-0.2, -0.15) is 0 Å². The average Bonchev–Trinajstić information content (AvgIpc) is 3.09. The Morgan fingerprint density at radius 2 is 2.14 bits per heavy atom. The summed E-state index contributed by atoms with van der Waals surface area (Å²) in [5.74, 6) is -0.0383. The van der Waals surface area contributed by atoms with E-state index in [1.165, 1.54) is 18.1 Å². The molecular formula is C18H22N2O2. The van der Waals surface area contributed by atoms with Crippen LogP contribution in [0.1, 0.15) is 28.8 Å². The van der Waals surface area contributed by atoms with Crippen LogP contribution in [0.5, 0.6) is 0 Å². The zero-order chi connectivity index (χ0) is 15.2. The van der Waals surface area contributed by atoms with E-state index < -0.39 is 0 Å². The summed E-state index contributed by atoms with van der Waals surface area (Å²) in [5.41, 5.74) is 1.97. The number of nitrogens with one attached hydrogen (secondary N) is 1. The monoisotopic (exact) mass is 298 g/mol. The van der Waals surface area contributed by atoms with Crippen molar-refractivity contribution >= 4 is 5.91 Å². The Morgan fingerprint density at radius 3 is 2.91 bits per heavy atom. The first-order valence-electron chi connectivity index (χ1n) is 7.90. The molecule has 1 aromatic heterocycles. The van der Waals surface area contributed by atoms with E-state index in [0.717, 1.165) is 38.9 Å². The van der Waals surface area contributed by atoms with Crippen LogP contribution in [0.2, 0.25) is 0 Å². The molecule has 3 rings (SSSR count). The van der Waals surface area contributed by atoms with Crippen LogP contribution in [0, 0.1) is 0 Å². The van der Waals surface area contributed by atoms with Gasteiger partial charge in [-0.15, -0.1) is 0 Å². The summed E-state index contributed by atoms with van der Waals surface area (Å²) in [4.78, 5) is 14.5. The van der Waals surface area contributed by atoms with Crippen LogP contribution in [-0.2, 0) is 6.42 Å². The molecule has 0 saturated carbocycles. The highest BCUT2D eigenvalue weighted by atomic mass is 16.3. The van der Waals surface area contributed by atoms with E-state index in [-0.39, 0.29) is 11.9 Å². The van der Waals surface area contributed by atoms with Crippen molar-refractivity contribution in [3.05, 3.63) is 60.1 Å². The summed E-state index contributed by atoms with van der Waals surface area (Å²) in [5, 5.41) is 3.11. The second-order valence-corrected chi connectivity index (χ2v) is 5.86. The first-order chi connectivity index (χ1) is 10.8. The third-order valence-corrected chi connectivity index (χ3v) is 4.18. The third kappa shape index (κ3) is 3.98. The fourth-order valence-electron chi connectivity index (χ4n) is 2.97. The number of carbonyl (C=O) groups is 1. The van der Waals surface area contributed by atoms with E-state index in [1.54, 1.807) is 6.07 Å². The summed E-state index contributed by atoms with van der Waals surface area (Å²) in [6, 6.07) is 12.5. The fraction of sp³-hybridized carbons (Fsp3) is 0.389. The molecule has 0 spiro atoms. The van der Waals surface area contributed by atoms with Gasteiger partial charge in [0.15, 0.2) is 0 Å². The van der Waals surface area contributed by atoms with Crippen molar-refractivity contribution in [2.75, 3.05) is 19.6 Å². The summed E-state index contributed by atoms with van der Waals surface area (Å²) in [6.45, 7) is 3.09. The number of rotatable bonds is 5. The number of likely N-dealkylation sites (tertiary alicyclic amines) is 1. The molecule has 0 bridgehead atoms. The Balaban J connectivity index is 1.48. The van der Waals surface area contributed by atoms with E-state index in [1.807, 2.05) is 6.07 Å². The molecule has 1 atom stereocenters. The maximum atomic E-state index is 12.1. The number of hydrogen-bond donors (Lipinski definition) is 1. The van der Waals surface area contributed by atoms with Crippen molar-refractivity contribution in [1.29, 1.82) is 0 Å². The van der Waals surface area contributed by atoms with Gasteiger partial charge in [-0.1, -0.05) is 30.3 Å². The lowest BCUT2D eigenvalue weighted by molar-refractivity contribution is 0.0903. The molecule has 1 N–H and O–H groups in total. The summed E-state index contributed by atoms with van der Waals surface area (Å²) in [6.07, 6.45) is 6.26. The molecule has 4 nitrogen and oxygen atoms in total. The van der Waals surface area contributed by atoms with Crippen LogP contribution >= 0.6 is 0 Å². The predicted octanol–water partition coefficient (Wildman–Crippen LogP) is 2.72. The molecule has 22 heavy (non-hydrogen) atoms. The number of carbonyl (C=O) groups excluding carboxylic acids is 1. The van der Waals surface area contributed by atoms with E-state index in [0.29, 0.717) is 5.56 Å². The van der Waals surface area contributed by atoms with Gasteiger partial charge in [0.2, 0.25) is 0 Å². The summed E-state index contributed by atoms with van der Waals surface area (Å²) in [7, 11) is 0. The van der Waals surface area contributed by atoms with Gasteiger partial charge in [-0.25, -0.2) is 0 Å². The van der Waals surface area contributed by atoms with Crippen LogP contribution in [0.15, 0.2) is 53.3 Å². The van der Waals surface area contributed by atoms with Gasteiger partial charge in [0.05, 0.1) is 11.8 Å². The average molecular weight is 298 g/mol. The molecule has 1 aliphatic rings. The van der Waals surface area contributed by atoms with Gasteiger partial charge in [-0.3, -0.25) is 4.79 Å². The first-order valence-corrected chi connectivity index (χ1v) is 7.90. The SMILES string of the molecule is O=C(N[C@@H]1CCCN(CCc2ccccc2)C1)c1ccoc1. The molecule has 1 aliphatic heterocycles. The molecule has 0 unspecified atom stereocenters. The lowest BCUT2D eigenvalue weighted by Gasteiger charge is -2.33. The zero-order valence-corrected chi connectivity index (χ0v) is 12.7. The minimum Gasteiger partial charge on any atom is -0.472 e. The Hall–Kier alpha value is -2.07. The highest BCUT2D eigenvalue weighted by Gasteiger charge is 2.21. The molecule has 1 fully saturated rings. The van der Waals surface area contributed by atoms with Crippen LogP contribution in [-0.4, -0.2) is 36.5 Å². The molecule has 0 aliphatic carbocycles. The minimum absolute atomic E-state index is 0.0383. The van der Waals surface area contributed by atoms with Gasteiger partial charge in [0, 0.05) is 19.1 Å². The molecule has 4 heteroatoms. The first kappa shape index (κ1) is 14.9. The van der Waals surface area contributed by atoms with E-state index in [4.69, 9.17) is 4.42 Å². The topological polar surface area (TPSA) is 45.5 Å². The molecule has 1 amide bonds. The Labute approximate surface area is 131 Å². The van der Waals surface area contributed by atoms with Gasteiger partial charge in [-0.05, 0) is 37.4 Å². The van der Waals surface area contributed by atoms with Crippen LogP contribution in [0.3, 0.4) is 0 Å². The van der Waals surface area contributed by atoms with Gasteiger partial charge in [0.25, 0.3) is 5.91 Å². The van der Waals surface area contributed by atoms with Gasteiger partial charge < -0.3 is 14.6 Å². The van der Waals surface area contributed by atoms with Crippen molar-refractivity contribution in [3.63, 3.8) is 0 Å². The Morgan fingerprint density at radius 1 is 1.27 bits per heavy atom. The van der Waals surface area contributed by atoms with Crippen molar-refractivity contribution < 1.29 is 9.21 Å². The van der Waals surface area contributed by atoms with E-state index >= 15 is 0 Å². The standard InChI is InChI=1S/C18H22N2O2/c21-18(16-9-12-22-14-16)19-17-7-4-10-20(13-17)11-8-15-5-2-1-3-6-15/h1-3,5-6,9,12,14,17H,4,7-8,10-11,13H2,(H,19,21)/t17-/m1/s1. The Kier molecular flexibility index (Phi) is 4.91. The number of benzene rings is 1. The van der Waals surface area contributed by atoms with E-state index in [2.05, 4.69) is 34.5 Å². The van der Waals surface area contributed by atoms with Crippen LogP contribution in [0.25, 0.3) is 0 Å². The smallest absolute Gasteiger partial charge is 0.254 e. The normalized spacial score (nSPS) is 19.0. The van der Waals surface area contributed by atoms with Crippen LogP contribution in [0.4, 0.5) is 0 Å². The summed E-state index contributed by atoms with van der Waals surface area (Å²) < 4.78 is 4.96. The van der Waals surface area contributed by atoms with Crippen molar-refractivity contribution in [2.24, 2.45) is 0 Å². The van der Waals surface area contributed by atoms with Gasteiger partial charge >= 0.3 is 0 Å². The van der Waals surface area contributed by atoms with Crippen molar-refractivity contribution in [2.45, 2.75) is 25.3 Å². The lowest BCUT2D eigenvalue weighted by Crippen LogP contribution is -2.48. The largest absolute Gasteiger partial charge is 0.472 e. The number of nitrogens with zero attached hydrogens (tertiary/aromatic N) is 1. The molecule has 2 aromatic rings. The Bertz CT molecular complexity index is 580. The lowest BCUT2D eigenvalue weighted by atomic mass is 10.0. The molecular weight excluding hydrogens is 276 g/mol. The highest BCUT2D eigenvalue weighted by molar-refractivity contribution is 5.93. The minimum atomic E-state index is -0.0383.